The van der Waals surface area contributed by atoms with Crippen LogP contribution in [0.2, 0.25) is 0 Å². The Morgan fingerprint density at radius 2 is 2.05 bits per heavy atom. The van der Waals surface area contributed by atoms with Crippen molar-refractivity contribution in [1.82, 2.24) is 5.32 Å². The van der Waals surface area contributed by atoms with E-state index in [4.69, 9.17) is 4.74 Å². The van der Waals surface area contributed by atoms with E-state index >= 15 is 0 Å². The summed E-state index contributed by atoms with van der Waals surface area (Å²) in [6, 6.07) is 7.99. The van der Waals surface area contributed by atoms with E-state index < -0.39 is 0 Å². The zero-order valence-corrected chi connectivity index (χ0v) is 11.8. The Labute approximate surface area is 116 Å². The van der Waals surface area contributed by atoms with Gasteiger partial charge in [0.2, 0.25) is 0 Å². The third-order valence-corrected chi connectivity index (χ3v) is 3.97. The van der Waals surface area contributed by atoms with Gasteiger partial charge in [0.1, 0.15) is 5.75 Å². The fraction of sp³-hybridized carbons (Fsp3) is 0.625. The average Bonchev–Trinajstić information content (AvgIpc) is 2.92. The Kier molecular flexibility index (Phi) is 5.67. The molecule has 19 heavy (non-hydrogen) atoms. The quantitative estimate of drug-likeness (QED) is 0.795. The van der Waals surface area contributed by atoms with Crippen molar-refractivity contribution in [3.8, 4) is 5.75 Å². The summed E-state index contributed by atoms with van der Waals surface area (Å²) in [6.45, 7) is 1.40. The molecule has 3 nitrogen and oxygen atoms in total. The molecule has 2 N–H and O–H groups in total. The van der Waals surface area contributed by atoms with E-state index in [2.05, 4.69) is 11.4 Å². The predicted octanol–water partition coefficient (Wildman–Crippen LogP) is 2.73. The fourth-order valence-electron chi connectivity index (χ4n) is 2.94. The van der Waals surface area contributed by atoms with Crippen molar-refractivity contribution in [2.45, 2.75) is 44.8 Å². The molecule has 1 saturated carbocycles. The van der Waals surface area contributed by atoms with Crippen LogP contribution in [0.4, 0.5) is 0 Å². The summed E-state index contributed by atoms with van der Waals surface area (Å²) in [5, 5.41) is 13.3. The largest absolute Gasteiger partial charge is 0.496 e. The third kappa shape index (κ3) is 4.51. The molecule has 1 fully saturated rings. The minimum Gasteiger partial charge on any atom is -0.496 e. The van der Waals surface area contributed by atoms with Gasteiger partial charge in [-0.05, 0) is 18.4 Å². The highest BCUT2D eigenvalue weighted by Gasteiger charge is 2.18. The highest BCUT2D eigenvalue weighted by atomic mass is 16.5. The summed E-state index contributed by atoms with van der Waals surface area (Å²) >= 11 is 0. The number of nitrogens with one attached hydrogen (secondary N) is 1. The lowest BCUT2D eigenvalue weighted by molar-refractivity contribution is 0.140. The van der Waals surface area contributed by atoms with Gasteiger partial charge in [0.05, 0.1) is 13.2 Å². The number of hydrogen-bond donors (Lipinski definition) is 2. The van der Waals surface area contributed by atoms with Gasteiger partial charge >= 0.3 is 0 Å². The monoisotopic (exact) mass is 263 g/mol. The first-order chi connectivity index (χ1) is 9.29. The lowest BCUT2D eigenvalue weighted by Gasteiger charge is -2.16. The Morgan fingerprint density at radius 1 is 1.32 bits per heavy atom. The van der Waals surface area contributed by atoms with Crippen LogP contribution in [0.1, 0.15) is 37.7 Å². The number of ether oxygens (including phenoxy) is 1. The van der Waals surface area contributed by atoms with E-state index in [0.29, 0.717) is 6.54 Å². The molecular formula is C16H25NO2. The SMILES string of the molecule is COc1ccccc1CNCC(O)CC1CCCC1. The maximum absolute atomic E-state index is 10.0. The number of rotatable bonds is 7. The van der Waals surface area contributed by atoms with E-state index in [1.165, 1.54) is 25.7 Å². The first kappa shape index (κ1) is 14.4. The standard InChI is InChI=1S/C16H25NO2/c1-19-16-9-5-4-8-14(16)11-17-12-15(18)10-13-6-2-3-7-13/h4-5,8-9,13,15,17-18H,2-3,6-7,10-12H2,1H3. The normalized spacial score (nSPS) is 17.6. The summed E-state index contributed by atoms with van der Waals surface area (Å²) in [6.07, 6.45) is 5.99. The topological polar surface area (TPSA) is 41.5 Å². The van der Waals surface area contributed by atoms with Crippen LogP contribution < -0.4 is 10.1 Å². The Bertz CT molecular complexity index is 375. The summed E-state index contributed by atoms with van der Waals surface area (Å²) in [5.74, 6) is 1.64. The Morgan fingerprint density at radius 3 is 2.79 bits per heavy atom. The van der Waals surface area contributed by atoms with Crippen LogP contribution in [-0.2, 0) is 6.54 Å². The van der Waals surface area contributed by atoms with Gasteiger partial charge in [0, 0.05) is 18.7 Å². The molecule has 0 radical (unpaired) electrons. The Balaban J connectivity index is 1.70. The highest BCUT2D eigenvalue weighted by Crippen LogP contribution is 2.28. The third-order valence-electron chi connectivity index (χ3n) is 3.97. The highest BCUT2D eigenvalue weighted by molar-refractivity contribution is 5.32. The molecule has 1 atom stereocenters. The first-order valence-corrected chi connectivity index (χ1v) is 7.30. The minimum atomic E-state index is -0.224. The zero-order chi connectivity index (χ0) is 13.5. The molecule has 0 heterocycles. The molecule has 0 aliphatic heterocycles. The van der Waals surface area contributed by atoms with Crippen molar-refractivity contribution in [1.29, 1.82) is 0 Å². The van der Waals surface area contributed by atoms with Crippen LogP contribution in [0, 0.1) is 5.92 Å². The van der Waals surface area contributed by atoms with Crippen molar-refractivity contribution in [3.63, 3.8) is 0 Å². The fourth-order valence-corrected chi connectivity index (χ4v) is 2.94. The van der Waals surface area contributed by atoms with Crippen molar-refractivity contribution < 1.29 is 9.84 Å². The molecule has 0 spiro atoms. The predicted molar refractivity (Wildman–Crippen MR) is 77.3 cm³/mol. The van der Waals surface area contributed by atoms with Gasteiger partial charge in [0.25, 0.3) is 0 Å². The van der Waals surface area contributed by atoms with Gasteiger partial charge in [-0.2, -0.15) is 0 Å². The molecule has 106 valence electrons. The summed E-state index contributed by atoms with van der Waals surface area (Å²) in [5.41, 5.74) is 1.14. The van der Waals surface area contributed by atoms with Crippen molar-refractivity contribution >= 4 is 0 Å². The molecule has 1 aliphatic carbocycles. The van der Waals surface area contributed by atoms with Crippen LogP contribution in [0.5, 0.6) is 5.75 Å². The van der Waals surface area contributed by atoms with Crippen LogP contribution in [0.3, 0.4) is 0 Å². The second-order valence-corrected chi connectivity index (χ2v) is 5.48. The van der Waals surface area contributed by atoms with Crippen LogP contribution in [-0.4, -0.2) is 24.9 Å². The molecule has 1 unspecified atom stereocenters. The summed E-state index contributed by atoms with van der Waals surface area (Å²) in [7, 11) is 1.69. The van der Waals surface area contributed by atoms with Crippen molar-refractivity contribution in [3.05, 3.63) is 29.8 Å². The maximum Gasteiger partial charge on any atom is 0.123 e. The lowest BCUT2D eigenvalue weighted by Crippen LogP contribution is -2.28. The number of hydrogen-bond acceptors (Lipinski definition) is 3. The number of para-hydroxylation sites is 1. The van der Waals surface area contributed by atoms with Crippen molar-refractivity contribution in [2.75, 3.05) is 13.7 Å². The molecule has 2 rings (SSSR count). The van der Waals surface area contributed by atoms with Gasteiger partial charge in [-0.1, -0.05) is 43.9 Å². The van der Waals surface area contributed by atoms with Gasteiger partial charge in [-0.25, -0.2) is 0 Å². The van der Waals surface area contributed by atoms with Gasteiger partial charge in [-0.3, -0.25) is 0 Å². The molecule has 1 aromatic rings. The minimum absolute atomic E-state index is 0.224. The molecular weight excluding hydrogens is 238 g/mol. The summed E-state index contributed by atoms with van der Waals surface area (Å²) in [4.78, 5) is 0. The maximum atomic E-state index is 10.0. The molecule has 1 aromatic carbocycles. The molecule has 1 aliphatic rings. The van der Waals surface area contributed by atoms with Crippen LogP contribution in [0.25, 0.3) is 0 Å². The van der Waals surface area contributed by atoms with Crippen LogP contribution in [0.15, 0.2) is 24.3 Å². The van der Waals surface area contributed by atoms with E-state index in [0.717, 1.165) is 30.2 Å². The van der Waals surface area contributed by atoms with E-state index in [9.17, 15) is 5.11 Å². The molecule has 3 heteroatoms. The number of methoxy groups -OCH3 is 1. The molecule has 0 amide bonds. The van der Waals surface area contributed by atoms with E-state index in [1.54, 1.807) is 7.11 Å². The molecule has 0 bridgehead atoms. The van der Waals surface area contributed by atoms with E-state index in [1.807, 2.05) is 18.2 Å². The smallest absolute Gasteiger partial charge is 0.123 e. The molecule has 0 aromatic heterocycles. The summed E-state index contributed by atoms with van der Waals surface area (Å²) < 4.78 is 5.31. The van der Waals surface area contributed by atoms with Crippen molar-refractivity contribution in [2.24, 2.45) is 5.92 Å². The number of aliphatic hydroxyl groups is 1. The van der Waals surface area contributed by atoms with Gasteiger partial charge < -0.3 is 15.2 Å². The first-order valence-electron chi connectivity index (χ1n) is 7.30. The van der Waals surface area contributed by atoms with Gasteiger partial charge in [-0.15, -0.1) is 0 Å². The second kappa shape index (κ2) is 7.51. The van der Waals surface area contributed by atoms with E-state index in [-0.39, 0.29) is 6.10 Å². The number of aliphatic hydroxyl groups excluding tert-OH is 1. The van der Waals surface area contributed by atoms with Gasteiger partial charge in [0.15, 0.2) is 0 Å². The zero-order valence-electron chi connectivity index (χ0n) is 11.8. The number of benzene rings is 1. The molecule has 0 saturated heterocycles. The Hall–Kier alpha value is -1.06. The lowest BCUT2D eigenvalue weighted by atomic mass is 10.00. The average molecular weight is 263 g/mol. The second-order valence-electron chi connectivity index (χ2n) is 5.48. The van der Waals surface area contributed by atoms with Crippen LogP contribution >= 0.6 is 0 Å².